The van der Waals surface area contributed by atoms with Gasteiger partial charge in [0.05, 0.1) is 0 Å². The van der Waals surface area contributed by atoms with Crippen molar-refractivity contribution < 1.29 is 25.8 Å². The maximum absolute atomic E-state index is 3.60. The minimum atomic E-state index is 0. The van der Waals surface area contributed by atoms with Crippen molar-refractivity contribution in [2.24, 2.45) is 0 Å². The van der Waals surface area contributed by atoms with Gasteiger partial charge in [0, 0.05) is 0 Å². The molecule has 2 N–H and O–H groups in total. The second-order valence-corrected chi connectivity index (χ2v) is 1.75. The van der Waals surface area contributed by atoms with Crippen molar-refractivity contribution in [3.63, 3.8) is 0 Å². The quantitative estimate of drug-likeness (QED) is 0.518. The van der Waals surface area contributed by atoms with Crippen LogP contribution in [0.5, 0.6) is 0 Å². The van der Waals surface area contributed by atoms with Crippen molar-refractivity contribution in [3.05, 3.63) is 23.7 Å². The first-order valence-electron chi connectivity index (χ1n) is 3.50. The number of hydrogen-bond acceptors (Lipinski definition) is 0. The Labute approximate surface area is 97.4 Å². The van der Waals surface area contributed by atoms with E-state index in [0.29, 0.717) is 0 Å². The van der Waals surface area contributed by atoms with Crippen LogP contribution in [0.1, 0.15) is 19.8 Å². The average molecular weight is 340 g/mol. The molecule has 0 bridgehead atoms. The fourth-order valence-corrected chi connectivity index (χ4v) is 0. The largest absolute Gasteiger partial charge is 4.00 e. The van der Waals surface area contributed by atoms with Crippen LogP contribution in [0.25, 0.3) is 16.8 Å². The van der Waals surface area contributed by atoms with Crippen LogP contribution in [0.2, 0.25) is 0 Å². The molecule has 0 fully saturated rings. The summed E-state index contributed by atoms with van der Waals surface area (Å²) in [7, 11) is 7.00. The smallest absolute Gasteiger partial charge is 0.693 e. The number of rotatable bonds is 1. The van der Waals surface area contributed by atoms with E-state index in [4.69, 9.17) is 0 Å². The van der Waals surface area contributed by atoms with E-state index in [0.717, 1.165) is 6.42 Å². The number of hydrogen-bond donors (Lipinski definition) is 0. The summed E-state index contributed by atoms with van der Waals surface area (Å²) in [6.45, 7) is 5.72. The maximum Gasteiger partial charge on any atom is 4.00 e. The fourth-order valence-electron chi connectivity index (χ4n) is 0. The third-order valence-electron chi connectivity index (χ3n) is 0.354. The first-order chi connectivity index (χ1) is 4.74. The van der Waals surface area contributed by atoms with Crippen molar-refractivity contribution in [1.82, 2.24) is 0 Å². The Morgan fingerprint density at radius 2 is 1.08 bits per heavy atom. The summed E-state index contributed by atoms with van der Waals surface area (Å²) in [6.07, 6.45) is 2.28. The predicted molar refractivity (Wildman–Crippen MR) is 56.0 cm³/mol. The normalized spacial score (nSPS) is 5.50. The second-order valence-electron chi connectivity index (χ2n) is 1.75. The second kappa shape index (κ2) is 60.2. The van der Waals surface area contributed by atoms with Gasteiger partial charge in [0.1, 0.15) is 0 Å². The summed E-state index contributed by atoms with van der Waals surface area (Å²) >= 11 is 0. The van der Waals surface area contributed by atoms with Gasteiger partial charge in [-0.05, 0) is 0 Å². The molecule has 0 atom stereocenters. The van der Waals surface area contributed by atoms with Gasteiger partial charge in [0.25, 0.3) is 0 Å². The monoisotopic (exact) mass is 341 g/mol. The number of nitrogens with zero attached hydrogens (tertiary/aromatic N) is 2. The molecule has 0 heterocycles. The summed E-state index contributed by atoms with van der Waals surface area (Å²) in [4.78, 5) is 0. The van der Waals surface area contributed by atoms with Crippen molar-refractivity contribution >= 4 is 0 Å². The van der Waals surface area contributed by atoms with Gasteiger partial charge in [-0.1, -0.05) is 13.3 Å². The molecule has 0 aliphatic carbocycles. The van der Waals surface area contributed by atoms with Crippen LogP contribution in [0.15, 0.2) is 0 Å². The third kappa shape index (κ3) is 334. The van der Waals surface area contributed by atoms with Gasteiger partial charge < -0.3 is 23.7 Å². The predicted octanol–water partition coefficient (Wildman–Crippen LogP) is 3.57. The van der Waals surface area contributed by atoms with Crippen LogP contribution < -0.4 is 0 Å². The summed E-state index contributed by atoms with van der Waals surface area (Å²) in [5.74, 6) is 0. The molecule has 0 aliphatic rings. The van der Waals surface area contributed by atoms with Gasteiger partial charge in [-0.3, -0.25) is 0 Å². The van der Waals surface area contributed by atoms with E-state index in [1.165, 1.54) is 6.42 Å². The van der Waals surface area contributed by atoms with E-state index in [2.05, 4.69) is 24.5 Å². The zero-order chi connectivity index (χ0) is 8.83. The van der Waals surface area contributed by atoms with Crippen LogP contribution in [-0.4, -0.2) is 28.2 Å². The minimum Gasteiger partial charge on any atom is -0.693 e. The maximum atomic E-state index is 3.60. The molecule has 0 saturated heterocycles. The van der Waals surface area contributed by atoms with E-state index in [-0.39, 0.29) is 32.0 Å². The Bertz CT molecular complexity index is 26.3. The fraction of sp³-hybridized carbons (Fsp3) is 0.875. The molecule has 4 heteroatoms. The van der Waals surface area contributed by atoms with Gasteiger partial charge >= 0.3 is 25.8 Å². The Morgan fingerprint density at radius 3 is 1.08 bits per heavy atom. The molecule has 0 unspecified atom stereocenters. The Morgan fingerprint density at radius 1 is 1.00 bits per heavy atom. The molecule has 12 heavy (non-hydrogen) atoms. The molecule has 0 aromatic heterocycles. The molecular weight excluding hydrogens is 317 g/mol. The number of unbranched alkanes of at least 4 members (excludes halogenated alkanes) is 1. The Balaban J connectivity index is -0.0000000191. The molecule has 0 amide bonds. The molecule has 0 rings (SSSR count). The molecule has 3 nitrogen and oxygen atoms in total. The molecule has 0 aromatic rings. The Hall–Kier alpha value is 0.750. The van der Waals surface area contributed by atoms with E-state index >= 15 is 0 Å². The van der Waals surface area contributed by atoms with Crippen molar-refractivity contribution in [1.29, 1.82) is 0 Å². The van der Waals surface area contributed by atoms with Crippen molar-refractivity contribution in [3.8, 4) is 0 Å². The molecule has 0 aromatic carbocycles. The van der Waals surface area contributed by atoms with E-state index in [1.54, 1.807) is 28.2 Å². The molecule has 0 radical (unpaired) electrons. The van der Waals surface area contributed by atoms with Gasteiger partial charge in [-0.25, -0.2) is 0 Å². The zero-order valence-electron chi connectivity index (χ0n) is 9.09. The molecule has 0 saturated carbocycles. The average Bonchev–Trinajstić information content (AvgIpc) is 1.91. The topological polar surface area (TPSA) is 61.7 Å². The molecule has 0 aliphatic heterocycles. The van der Waals surface area contributed by atoms with Crippen LogP contribution in [0.4, 0.5) is 0 Å². The van der Waals surface area contributed by atoms with Gasteiger partial charge in [0.15, 0.2) is 0 Å². The summed E-state index contributed by atoms with van der Waals surface area (Å²) in [6, 6.07) is 0. The van der Waals surface area contributed by atoms with Crippen molar-refractivity contribution in [2.45, 2.75) is 19.8 Å². The van der Waals surface area contributed by atoms with E-state index < -0.39 is 0 Å². The van der Waals surface area contributed by atoms with Crippen LogP contribution in [-0.2, 0) is 25.8 Å². The first kappa shape index (κ1) is 29.3. The standard InChI is InChI=1S/C4H9.2C2H6N.Hf.H2N/c1-3-4-2;2*1-3-2;;/h1,3-4H2,2H3;2*1-2H3;;1H2/q3*-1;+4;-1. The minimum absolute atomic E-state index is 0. The first-order valence-corrected chi connectivity index (χ1v) is 3.50. The van der Waals surface area contributed by atoms with E-state index in [1.807, 2.05) is 0 Å². The van der Waals surface area contributed by atoms with Crippen LogP contribution >= 0.6 is 0 Å². The van der Waals surface area contributed by atoms with Crippen LogP contribution in [0, 0.1) is 6.92 Å². The van der Waals surface area contributed by atoms with Gasteiger partial charge in [-0.15, -0.1) is 0 Å². The van der Waals surface area contributed by atoms with E-state index in [9.17, 15) is 0 Å². The molecule has 0 spiro atoms. The summed E-state index contributed by atoms with van der Waals surface area (Å²) in [5, 5.41) is 7.00. The molecule has 74 valence electrons. The molecular formula is C8H23HfN3. The number of nitrogens with two attached hydrogens (primary N) is 1. The Kier molecular flexibility index (Phi) is 147. The summed E-state index contributed by atoms with van der Waals surface area (Å²) < 4.78 is 0. The SMILES string of the molecule is C[N-]C.C[N-]C.[CH2-]CCC.[Hf+4].[NH2-]. The van der Waals surface area contributed by atoms with Crippen molar-refractivity contribution in [2.75, 3.05) is 28.2 Å². The summed E-state index contributed by atoms with van der Waals surface area (Å²) in [5.41, 5.74) is 0. The van der Waals surface area contributed by atoms with Gasteiger partial charge in [0.2, 0.25) is 0 Å². The van der Waals surface area contributed by atoms with Gasteiger partial charge in [-0.2, -0.15) is 34.6 Å². The zero-order valence-corrected chi connectivity index (χ0v) is 12.7. The van der Waals surface area contributed by atoms with Crippen LogP contribution in [0.3, 0.4) is 0 Å². The third-order valence-corrected chi connectivity index (χ3v) is 0.354.